The van der Waals surface area contributed by atoms with Crippen molar-refractivity contribution in [1.82, 2.24) is 0 Å². The number of aliphatic carboxylic acids is 1. The van der Waals surface area contributed by atoms with E-state index in [4.69, 9.17) is 76.2 Å². The minimum absolute atomic E-state index is 0.0169. The van der Waals surface area contributed by atoms with Crippen molar-refractivity contribution in [3.8, 4) is 63.2 Å². The molecule has 5 aromatic rings. The summed E-state index contributed by atoms with van der Waals surface area (Å²) in [6, 6.07) is 17.5. The first-order valence-corrected chi connectivity index (χ1v) is 32.9. The summed E-state index contributed by atoms with van der Waals surface area (Å²) < 4.78 is 84.2. The minimum Gasteiger partial charge on any atom is -0.507 e. The summed E-state index contributed by atoms with van der Waals surface area (Å²) in [6.45, 7) is -3.05. The van der Waals surface area contributed by atoms with Crippen LogP contribution in [0.3, 0.4) is 0 Å². The number of benzene rings is 5. The first-order chi connectivity index (χ1) is 51.9. The molecule has 0 spiro atoms. The van der Waals surface area contributed by atoms with Crippen molar-refractivity contribution in [1.29, 1.82) is 0 Å². The van der Waals surface area contributed by atoms with E-state index < -0.39 is 221 Å². The summed E-state index contributed by atoms with van der Waals surface area (Å²) >= 11 is 0. The van der Waals surface area contributed by atoms with E-state index in [1.54, 1.807) is 0 Å². The van der Waals surface area contributed by atoms with Crippen molar-refractivity contribution in [2.24, 2.45) is 0 Å². The monoisotopic (exact) mass is 1540 g/mol. The van der Waals surface area contributed by atoms with Crippen molar-refractivity contribution in [2.45, 2.75) is 136 Å². The molecular formula is C71H76O38. The van der Waals surface area contributed by atoms with E-state index in [0.717, 1.165) is 42.5 Å². The average Bonchev–Trinajstić information content (AvgIpc) is 0.767. The molecule has 5 aromatic carbocycles. The van der Waals surface area contributed by atoms with Gasteiger partial charge < -0.3 is 163 Å². The molecule has 0 aromatic heterocycles. The van der Waals surface area contributed by atoms with Gasteiger partial charge in [0.05, 0.1) is 14.2 Å². The molecule has 0 radical (unpaired) electrons. The van der Waals surface area contributed by atoms with Gasteiger partial charge in [-0.25, -0.2) is 14.4 Å². The van der Waals surface area contributed by atoms with Crippen molar-refractivity contribution in [3.63, 3.8) is 0 Å². The molecule has 38 heteroatoms. The fourth-order valence-electron chi connectivity index (χ4n) is 11.4. The normalized spacial score (nSPS) is 29.0. The SMILES string of the molecule is COc1cc(C=CC(=O)OC[C@H]2O[C@@H](Oc3cc(O)c4c(c3)OC(c3ccc(O)c(O[C@@H]5O[C@H](COC(=O)C=Cc6ccc(O[C@@H]7O[C@H](COC(=O)C=Cc8ccc(O)c(O)c8)[C@@H](O)[C@H](O)[C@H]7O)c(OC)c6)[C@@H](O)[C@H](O)[C@H]5O)c3)=C(O[C@@H]3O[C@H](COC(=O)CC(=O)O)[C@@H](O)[C@H](O)[C@H]3O)C4)[C@H](O)[C@@H](O)[C@@H]2O)ccc1O. The van der Waals surface area contributed by atoms with Crippen molar-refractivity contribution < 1.29 is 187 Å². The van der Waals surface area contributed by atoms with Gasteiger partial charge in [-0.05, 0) is 89.5 Å². The van der Waals surface area contributed by atoms with Crippen molar-refractivity contribution >= 4 is 53.8 Å². The van der Waals surface area contributed by atoms with Crippen LogP contribution in [0.1, 0.15) is 34.2 Å². The lowest BCUT2D eigenvalue weighted by Crippen LogP contribution is -2.60. The second kappa shape index (κ2) is 35.6. The van der Waals surface area contributed by atoms with Gasteiger partial charge in [0.25, 0.3) is 0 Å². The molecule has 5 aliphatic heterocycles. The van der Waals surface area contributed by atoms with E-state index in [-0.39, 0.29) is 62.7 Å². The number of phenols is 5. The highest BCUT2D eigenvalue weighted by molar-refractivity contribution is 5.90. The van der Waals surface area contributed by atoms with Crippen LogP contribution < -0.4 is 28.4 Å². The van der Waals surface area contributed by atoms with Crippen LogP contribution >= 0.6 is 0 Å². The molecule has 4 saturated heterocycles. The molecule has 0 bridgehead atoms. The number of hydrogen-bond donors (Lipinski definition) is 18. The number of aromatic hydroxyl groups is 5. The maximum atomic E-state index is 13.2. The molecule has 0 unspecified atom stereocenters. The molecule has 5 heterocycles. The number of carboxylic acids is 1. The molecule has 588 valence electrons. The van der Waals surface area contributed by atoms with Crippen LogP contribution in [0.15, 0.2) is 109 Å². The molecule has 10 rings (SSSR count). The van der Waals surface area contributed by atoms with Crippen molar-refractivity contribution in [2.75, 3.05) is 40.6 Å². The maximum Gasteiger partial charge on any atom is 0.330 e. The van der Waals surface area contributed by atoms with Gasteiger partial charge in [0.15, 0.2) is 51.8 Å². The van der Waals surface area contributed by atoms with Crippen LogP contribution in [0.5, 0.6) is 63.2 Å². The Morgan fingerprint density at radius 2 is 0.817 bits per heavy atom. The zero-order valence-electron chi connectivity index (χ0n) is 57.1. The molecule has 0 aliphatic carbocycles. The number of ether oxygens (including phenoxy) is 15. The Morgan fingerprint density at radius 1 is 0.404 bits per heavy atom. The lowest BCUT2D eigenvalue weighted by Gasteiger charge is -2.41. The number of phenolic OH excluding ortho intramolecular Hbond substituents is 5. The number of rotatable bonds is 27. The molecule has 5 aliphatic rings. The topological polar surface area (TPSA) is 588 Å². The minimum atomic E-state index is -2.12. The lowest BCUT2D eigenvalue weighted by atomic mass is 9.98. The number of aliphatic hydroxyl groups excluding tert-OH is 12. The summed E-state index contributed by atoms with van der Waals surface area (Å²) in [5.74, 6) is -10.1. The van der Waals surface area contributed by atoms with Crippen LogP contribution in [0, 0.1) is 0 Å². The highest BCUT2D eigenvalue weighted by Crippen LogP contribution is 2.46. The summed E-state index contributed by atoms with van der Waals surface area (Å²) in [7, 11) is 2.56. The highest BCUT2D eigenvalue weighted by Gasteiger charge is 2.50. The third kappa shape index (κ3) is 19.6. The maximum absolute atomic E-state index is 13.2. The van der Waals surface area contributed by atoms with Gasteiger partial charge in [0, 0.05) is 47.9 Å². The quantitative estimate of drug-likeness (QED) is 0.00865. The lowest BCUT2D eigenvalue weighted by molar-refractivity contribution is -0.292. The van der Waals surface area contributed by atoms with Gasteiger partial charge in [-0.1, -0.05) is 18.2 Å². The molecular weight excluding hydrogens is 1460 g/mol. The Hall–Kier alpha value is -10.6. The van der Waals surface area contributed by atoms with Crippen LogP contribution in [0.2, 0.25) is 0 Å². The number of aliphatic hydroxyl groups is 12. The number of fused-ring (bicyclic) bond motifs is 1. The zero-order chi connectivity index (χ0) is 78.8. The zero-order valence-corrected chi connectivity index (χ0v) is 57.1. The van der Waals surface area contributed by atoms with E-state index in [9.17, 15) is 111 Å². The molecule has 109 heavy (non-hydrogen) atoms. The van der Waals surface area contributed by atoms with Gasteiger partial charge >= 0.3 is 29.8 Å². The van der Waals surface area contributed by atoms with Crippen LogP contribution in [-0.4, -0.2) is 285 Å². The number of carbonyl (C=O) groups excluding carboxylic acids is 4. The largest absolute Gasteiger partial charge is 0.507 e. The van der Waals surface area contributed by atoms with E-state index in [2.05, 4.69) is 0 Å². The fraction of sp³-hybridized carbons (Fsp3) is 0.394. The van der Waals surface area contributed by atoms with Gasteiger partial charge in [-0.2, -0.15) is 0 Å². The van der Waals surface area contributed by atoms with Crippen LogP contribution in [0.4, 0.5) is 0 Å². The molecule has 18 N–H and O–H groups in total. The average molecular weight is 1540 g/mol. The molecule has 20 atom stereocenters. The number of esters is 4. The standard InChI is InChI=1S/C71H76O38/c1-95-42-18-30(4-11-36(42)73)7-15-52(80)97-25-46-55(83)59(87)63(91)68(106-46)101-33-21-38(75)34-23-45(105-71-66(94)62(90)58(86)49(109-71)28-100-54(82)24-50(77)78)67(102-41(34)22-33)32-9-12-37(74)43(20-32)104-70-65(93)61(89)57(85)48(108-70)27-99-53(81)16-8-31-5-13-40(44(19-31)96-2)103-69-64(92)60(88)56(84)47(107-69)26-98-51(79)14-6-29-3-10-35(72)39(76)17-29/h3-22,46-49,55-66,68-76,83-94H,23-28H2,1-2H3,(H,77,78)/t46-,47-,48-,49-,55-,56-,57-,58-,59+,60+,61+,62+,63-,64-,65-,66-,68-,69-,70-,71-/m1/s1. The predicted molar refractivity (Wildman–Crippen MR) is 358 cm³/mol. The van der Waals surface area contributed by atoms with Gasteiger partial charge in [-0.3, -0.25) is 9.59 Å². The summed E-state index contributed by atoms with van der Waals surface area (Å²) in [4.78, 5) is 61.8. The van der Waals surface area contributed by atoms with Gasteiger partial charge in [-0.15, -0.1) is 0 Å². The molecule has 38 nitrogen and oxygen atoms in total. The first-order valence-electron chi connectivity index (χ1n) is 32.9. The molecule has 0 amide bonds. The number of carbonyl (C=O) groups is 5. The summed E-state index contributed by atoms with van der Waals surface area (Å²) in [6.07, 6.45) is -32.5. The Labute approximate surface area is 615 Å². The van der Waals surface area contributed by atoms with Crippen LogP contribution in [0.25, 0.3) is 24.0 Å². The Bertz CT molecular complexity index is 4210. The number of carboxylic acid groups (broad SMARTS) is 1. The second-order valence-corrected chi connectivity index (χ2v) is 24.9. The van der Waals surface area contributed by atoms with E-state index in [1.165, 1.54) is 93.1 Å². The van der Waals surface area contributed by atoms with E-state index in [1.807, 2.05) is 0 Å². The first kappa shape index (κ1) is 80.9. The Balaban J connectivity index is 0.821. The second-order valence-electron chi connectivity index (χ2n) is 24.9. The third-order valence-electron chi connectivity index (χ3n) is 17.4. The Morgan fingerprint density at radius 3 is 1.29 bits per heavy atom. The number of methoxy groups -OCH3 is 2. The predicted octanol–water partition coefficient (Wildman–Crippen LogP) is -2.29. The summed E-state index contributed by atoms with van der Waals surface area (Å²) in [5, 5.41) is 192. The van der Waals surface area contributed by atoms with Crippen LogP contribution in [-0.2, 0) is 73.0 Å². The molecule has 4 fully saturated rings. The summed E-state index contributed by atoms with van der Waals surface area (Å²) in [5.41, 5.74) is 0.739. The van der Waals surface area contributed by atoms with E-state index >= 15 is 0 Å². The number of hydrogen-bond acceptors (Lipinski definition) is 37. The Kier molecular flexibility index (Phi) is 26.4. The van der Waals surface area contributed by atoms with Gasteiger partial charge in [0.1, 0.15) is 154 Å². The highest BCUT2D eigenvalue weighted by atomic mass is 16.7. The van der Waals surface area contributed by atoms with Crippen molar-refractivity contribution in [3.05, 3.63) is 137 Å². The number of allylic oxidation sites excluding steroid dienone is 1. The molecule has 0 saturated carbocycles. The van der Waals surface area contributed by atoms with E-state index in [0.29, 0.717) is 11.1 Å². The fourth-order valence-corrected chi connectivity index (χ4v) is 11.4. The smallest absolute Gasteiger partial charge is 0.330 e. The third-order valence-corrected chi connectivity index (χ3v) is 17.4. The van der Waals surface area contributed by atoms with Gasteiger partial charge in [0.2, 0.25) is 25.2 Å².